The molecule has 0 aliphatic heterocycles. The summed E-state index contributed by atoms with van der Waals surface area (Å²) in [5.74, 6) is -0.0239. The average Bonchev–Trinajstić information content (AvgIpc) is 3.27. The first-order chi connectivity index (χ1) is 27.8. The van der Waals surface area contributed by atoms with Crippen molar-refractivity contribution in [3.8, 4) is 68.3 Å². The molecule has 12 heteroatoms. The number of hydrogen-bond donors (Lipinski definition) is 0. The maximum atomic E-state index is 13.5. The molecule has 0 fully saturated rings. The topological polar surface area (TPSA) is 145 Å². The van der Waals surface area contributed by atoms with Crippen molar-refractivity contribution in [3.05, 3.63) is 163 Å². The monoisotopic (exact) mass is 759 g/mol. The third kappa shape index (κ3) is 9.10. The van der Waals surface area contributed by atoms with Crippen molar-refractivity contribution in [1.29, 1.82) is 0 Å². The molecule has 0 saturated carbocycles. The predicted molar refractivity (Wildman–Crippen MR) is 210 cm³/mol. The van der Waals surface area contributed by atoms with Crippen LogP contribution in [0, 0.1) is 0 Å². The highest BCUT2D eigenvalue weighted by atomic mass is 16.5. The van der Waals surface area contributed by atoms with E-state index in [9.17, 15) is 14.4 Å². The largest absolute Gasteiger partial charge is 0.497 e. The molecule has 7 aromatic rings. The molecule has 12 nitrogen and oxygen atoms in total. The second-order valence-corrected chi connectivity index (χ2v) is 12.3. The van der Waals surface area contributed by atoms with Gasteiger partial charge in [0, 0.05) is 16.7 Å². The highest BCUT2D eigenvalue weighted by Crippen LogP contribution is 2.27. The molecular formula is C45H33N3O9. The summed E-state index contributed by atoms with van der Waals surface area (Å²) < 4.78 is 32.5. The van der Waals surface area contributed by atoms with Crippen LogP contribution in [0.3, 0.4) is 0 Å². The maximum Gasteiger partial charge on any atom is 0.343 e. The Balaban J connectivity index is 1.11. The zero-order chi connectivity index (χ0) is 39.7. The lowest BCUT2D eigenvalue weighted by Crippen LogP contribution is -2.17. The van der Waals surface area contributed by atoms with Crippen LogP contribution in [0.15, 0.2) is 146 Å². The number of benzene rings is 4. The fraction of sp³-hybridized carbons (Fsp3) is 0.0667. The molecule has 57 heavy (non-hydrogen) atoms. The number of ether oxygens (including phenoxy) is 6. The molecule has 282 valence electrons. The van der Waals surface area contributed by atoms with E-state index in [0.717, 1.165) is 16.7 Å². The van der Waals surface area contributed by atoms with Crippen LogP contribution in [-0.2, 0) is 0 Å². The third-order valence-electron chi connectivity index (χ3n) is 8.64. The van der Waals surface area contributed by atoms with Gasteiger partial charge in [-0.3, -0.25) is 15.0 Å². The standard InChI is InChI=1S/C45H33N3O9/c1-52-34-10-4-28(5-11-34)40-19-16-37(25-46-40)55-43(49)31-22-32(44(50)56-38-17-20-41(47-26-38)29-6-12-35(53-2)13-7-29)24-33(23-31)45(51)57-39-18-21-42(48-27-39)30-8-14-36(54-3)15-9-30/h4-27H,1-3H3. The van der Waals surface area contributed by atoms with Crippen LogP contribution in [0.25, 0.3) is 33.8 Å². The molecule has 0 unspecified atom stereocenters. The first-order valence-corrected chi connectivity index (χ1v) is 17.4. The molecule has 0 radical (unpaired) electrons. The molecule has 0 amide bonds. The van der Waals surface area contributed by atoms with E-state index < -0.39 is 17.9 Å². The van der Waals surface area contributed by atoms with Crippen LogP contribution in [0.1, 0.15) is 31.1 Å². The Morgan fingerprint density at radius 3 is 0.807 bits per heavy atom. The van der Waals surface area contributed by atoms with Crippen LogP contribution in [0.4, 0.5) is 0 Å². The van der Waals surface area contributed by atoms with Gasteiger partial charge in [0.1, 0.15) is 34.5 Å². The zero-order valence-electron chi connectivity index (χ0n) is 30.9. The van der Waals surface area contributed by atoms with Gasteiger partial charge in [-0.1, -0.05) is 0 Å². The summed E-state index contributed by atoms with van der Waals surface area (Å²) in [4.78, 5) is 53.8. The van der Waals surface area contributed by atoms with Gasteiger partial charge in [0.15, 0.2) is 0 Å². The number of esters is 3. The molecular weight excluding hydrogens is 727 g/mol. The van der Waals surface area contributed by atoms with Gasteiger partial charge in [0.25, 0.3) is 0 Å². The van der Waals surface area contributed by atoms with Crippen molar-refractivity contribution in [2.45, 2.75) is 0 Å². The van der Waals surface area contributed by atoms with Gasteiger partial charge in [-0.25, -0.2) is 14.4 Å². The second kappa shape index (κ2) is 17.1. The van der Waals surface area contributed by atoms with Crippen LogP contribution in [-0.4, -0.2) is 54.2 Å². The number of rotatable bonds is 12. The van der Waals surface area contributed by atoms with E-state index in [2.05, 4.69) is 15.0 Å². The van der Waals surface area contributed by atoms with Gasteiger partial charge in [-0.05, 0) is 127 Å². The molecule has 0 N–H and O–H groups in total. The van der Waals surface area contributed by atoms with E-state index in [0.29, 0.717) is 34.3 Å². The number of aromatic nitrogens is 3. The van der Waals surface area contributed by atoms with Crippen molar-refractivity contribution in [1.82, 2.24) is 15.0 Å². The van der Waals surface area contributed by atoms with E-state index in [1.165, 1.54) is 36.8 Å². The smallest absolute Gasteiger partial charge is 0.343 e. The van der Waals surface area contributed by atoms with E-state index >= 15 is 0 Å². The van der Waals surface area contributed by atoms with Crippen molar-refractivity contribution >= 4 is 17.9 Å². The Hall–Kier alpha value is -7.86. The fourth-order valence-corrected chi connectivity index (χ4v) is 5.60. The molecule has 0 bridgehead atoms. The number of carbonyl (C=O) groups is 3. The predicted octanol–water partition coefficient (Wildman–Crippen LogP) is 8.56. The summed E-state index contributed by atoms with van der Waals surface area (Å²) in [6.45, 7) is 0. The summed E-state index contributed by atoms with van der Waals surface area (Å²) in [5.41, 5.74) is 4.09. The van der Waals surface area contributed by atoms with Crippen LogP contribution >= 0.6 is 0 Å². The summed E-state index contributed by atoms with van der Waals surface area (Å²) in [5, 5.41) is 0. The summed E-state index contributed by atoms with van der Waals surface area (Å²) in [6, 6.07) is 35.7. The molecule has 0 atom stereocenters. The van der Waals surface area contributed by atoms with Gasteiger partial charge in [0.2, 0.25) is 0 Å². The lowest BCUT2D eigenvalue weighted by molar-refractivity contribution is 0.0734. The molecule has 0 saturated heterocycles. The molecule has 0 spiro atoms. The van der Waals surface area contributed by atoms with Crippen LogP contribution < -0.4 is 28.4 Å². The quantitative estimate of drug-likeness (QED) is 0.110. The molecule has 4 aromatic carbocycles. The summed E-state index contributed by atoms with van der Waals surface area (Å²) in [6.07, 6.45) is 4.20. The van der Waals surface area contributed by atoms with Gasteiger partial charge in [-0.15, -0.1) is 0 Å². The normalized spacial score (nSPS) is 10.6. The Morgan fingerprint density at radius 1 is 0.351 bits per heavy atom. The number of hydrogen-bond acceptors (Lipinski definition) is 12. The first-order valence-electron chi connectivity index (χ1n) is 17.4. The van der Waals surface area contributed by atoms with E-state index in [-0.39, 0.29) is 33.9 Å². The van der Waals surface area contributed by atoms with Gasteiger partial charge in [0.05, 0.1) is 73.7 Å². The number of carbonyl (C=O) groups excluding carboxylic acids is 3. The van der Waals surface area contributed by atoms with Gasteiger partial charge >= 0.3 is 17.9 Å². The second-order valence-electron chi connectivity index (χ2n) is 12.3. The molecule has 7 rings (SSSR count). The number of nitrogens with zero attached hydrogens (tertiary/aromatic N) is 3. The van der Waals surface area contributed by atoms with Crippen molar-refractivity contribution in [2.24, 2.45) is 0 Å². The minimum atomic E-state index is -0.853. The third-order valence-corrected chi connectivity index (χ3v) is 8.64. The lowest BCUT2D eigenvalue weighted by atomic mass is 10.1. The van der Waals surface area contributed by atoms with Crippen molar-refractivity contribution in [3.63, 3.8) is 0 Å². The summed E-state index contributed by atoms with van der Waals surface area (Å²) in [7, 11) is 4.76. The SMILES string of the molecule is COc1ccc(-c2ccc(OC(=O)c3cc(C(=O)Oc4ccc(-c5ccc(OC)cc5)nc4)cc(C(=O)Oc4ccc(-c5ccc(OC)cc5)nc4)c3)cn2)cc1. The number of pyridine rings is 3. The first kappa shape index (κ1) is 37.5. The van der Waals surface area contributed by atoms with Gasteiger partial charge < -0.3 is 28.4 Å². The molecule has 3 heterocycles. The van der Waals surface area contributed by atoms with Crippen molar-refractivity contribution < 1.29 is 42.8 Å². The lowest BCUT2D eigenvalue weighted by Gasteiger charge is -2.11. The molecule has 0 aliphatic carbocycles. The van der Waals surface area contributed by atoms with Crippen LogP contribution in [0.2, 0.25) is 0 Å². The number of methoxy groups -OCH3 is 3. The Bertz CT molecular complexity index is 2210. The fourth-order valence-electron chi connectivity index (χ4n) is 5.60. The minimum Gasteiger partial charge on any atom is -0.497 e. The van der Waals surface area contributed by atoms with E-state index in [1.807, 2.05) is 72.8 Å². The summed E-state index contributed by atoms with van der Waals surface area (Å²) >= 11 is 0. The van der Waals surface area contributed by atoms with Crippen LogP contribution in [0.5, 0.6) is 34.5 Å². The highest BCUT2D eigenvalue weighted by molar-refractivity contribution is 6.02. The van der Waals surface area contributed by atoms with E-state index in [4.69, 9.17) is 28.4 Å². The van der Waals surface area contributed by atoms with E-state index in [1.54, 1.807) is 57.7 Å². The molecule has 0 aliphatic rings. The molecule has 3 aromatic heterocycles. The average molecular weight is 760 g/mol. The van der Waals surface area contributed by atoms with Gasteiger partial charge in [-0.2, -0.15) is 0 Å². The Labute approximate surface area is 327 Å². The Kier molecular flexibility index (Phi) is 11.2. The highest BCUT2D eigenvalue weighted by Gasteiger charge is 2.21. The Morgan fingerprint density at radius 2 is 0.596 bits per heavy atom. The zero-order valence-corrected chi connectivity index (χ0v) is 30.9. The maximum absolute atomic E-state index is 13.5. The minimum absolute atomic E-state index is 0.114. The van der Waals surface area contributed by atoms with Crippen molar-refractivity contribution in [2.75, 3.05) is 21.3 Å².